The molecule has 2 heterocycles. The van der Waals surface area contributed by atoms with Crippen LogP contribution in [0.5, 0.6) is 0 Å². The first-order valence-corrected chi connectivity index (χ1v) is 7.57. The molecule has 3 aromatic rings. The van der Waals surface area contributed by atoms with Crippen molar-refractivity contribution >= 4 is 28.1 Å². The average Bonchev–Trinajstić information content (AvgIpc) is 2.88. The minimum Gasteiger partial charge on any atom is -0.375 e. The molecule has 0 saturated carbocycles. The topological polar surface area (TPSA) is 64.7 Å². The van der Waals surface area contributed by atoms with Crippen LogP contribution in [0.15, 0.2) is 30.5 Å². The normalized spacial score (nSPS) is 11.7. The largest absolute Gasteiger partial charge is 0.419 e. The quantitative estimate of drug-likeness (QED) is 0.523. The van der Waals surface area contributed by atoms with Crippen molar-refractivity contribution in [3.63, 3.8) is 0 Å². The van der Waals surface area contributed by atoms with Crippen molar-refractivity contribution in [1.29, 1.82) is 0 Å². The van der Waals surface area contributed by atoms with Crippen molar-refractivity contribution in [3.05, 3.63) is 47.1 Å². The van der Waals surface area contributed by atoms with E-state index in [1.807, 2.05) is 0 Å². The van der Waals surface area contributed by atoms with E-state index in [2.05, 4.69) is 15.0 Å². The van der Waals surface area contributed by atoms with E-state index in [1.165, 1.54) is 18.3 Å². The van der Waals surface area contributed by atoms with Crippen molar-refractivity contribution in [2.24, 2.45) is 0 Å². The first-order valence-electron chi connectivity index (χ1n) is 6.38. The Labute approximate surface area is 142 Å². The summed E-state index contributed by atoms with van der Waals surface area (Å²) >= 11 is 6.77. The molecule has 2 aromatic heterocycles. The Morgan fingerprint density at radius 3 is 2.54 bits per heavy atom. The molecule has 0 atom stereocenters. The van der Waals surface area contributed by atoms with E-state index >= 15 is 0 Å². The second kappa shape index (κ2) is 5.99. The Kier molecular flexibility index (Phi) is 4.14. The second-order valence-corrected chi connectivity index (χ2v) is 6.00. The molecule has 3 rings (SSSR count). The van der Waals surface area contributed by atoms with Crippen LogP contribution in [0.4, 0.5) is 22.7 Å². The maximum atomic E-state index is 13.5. The van der Waals surface area contributed by atoms with E-state index in [-0.39, 0.29) is 21.7 Å². The Balaban J connectivity index is 2.18. The molecule has 0 amide bonds. The van der Waals surface area contributed by atoms with Gasteiger partial charge in [-0.2, -0.15) is 13.2 Å². The van der Waals surface area contributed by atoms with E-state index in [1.54, 1.807) is 0 Å². The number of rotatable bonds is 2. The molecule has 0 unspecified atom stereocenters. The smallest absolute Gasteiger partial charge is 0.375 e. The summed E-state index contributed by atoms with van der Waals surface area (Å²) in [5.41, 5.74) is 4.90. The SMILES string of the molecule is Nc1nc(-c2ccc(F)c(C(F)(F)F)c2)c(-c2ccnc(Cl)n2)s1. The summed E-state index contributed by atoms with van der Waals surface area (Å²) in [6.45, 7) is 0. The van der Waals surface area contributed by atoms with E-state index in [0.29, 0.717) is 16.6 Å². The third-order valence-corrected chi connectivity index (χ3v) is 4.14. The molecule has 0 aliphatic heterocycles. The molecule has 0 spiro atoms. The molecule has 4 nitrogen and oxygen atoms in total. The van der Waals surface area contributed by atoms with Crippen LogP contribution in [0, 0.1) is 5.82 Å². The highest BCUT2D eigenvalue weighted by Crippen LogP contribution is 2.40. The van der Waals surface area contributed by atoms with E-state index in [0.717, 1.165) is 17.4 Å². The zero-order chi connectivity index (χ0) is 17.5. The fourth-order valence-corrected chi connectivity index (χ4v) is 3.03. The number of alkyl halides is 3. The highest BCUT2D eigenvalue weighted by molar-refractivity contribution is 7.19. The summed E-state index contributed by atoms with van der Waals surface area (Å²) < 4.78 is 52.2. The monoisotopic (exact) mass is 374 g/mol. The summed E-state index contributed by atoms with van der Waals surface area (Å²) in [6, 6.07) is 4.16. The average molecular weight is 375 g/mol. The van der Waals surface area contributed by atoms with Crippen LogP contribution in [-0.2, 0) is 6.18 Å². The second-order valence-electron chi connectivity index (χ2n) is 4.63. The van der Waals surface area contributed by atoms with Gasteiger partial charge in [0.25, 0.3) is 0 Å². The standard InChI is InChI=1S/C14H7ClF4N4S/c15-12-21-4-3-9(22-12)11-10(23-13(20)24-11)6-1-2-8(16)7(5-6)14(17,18)19/h1-5H,(H2,20,23). The molecule has 0 fully saturated rings. The van der Waals surface area contributed by atoms with Gasteiger partial charge in [-0.15, -0.1) is 0 Å². The van der Waals surface area contributed by atoms with Gasteiger partial charge in [0.15, 0.2) is 5.13 Å². The van der Waals surface area contributed by atoms with E-state index < -0.39 is 17.6 Å². The summed E-state index contributed by atoms with van der Waals surface area (Å²) in [4.78, 5) is 12.2. The third-order valence-electron chi connectivity index (χ3n) is 3.05. The van der Waals surface area contributed by atoms with Gasteiger partial charge < -0.3 is 5.73 Å². The number of aromatic nitrogens is 3. The molecule has 1 aromatic carbocycles. The zero-order valence-electron chi connectivity index (χ0n) is 11.6. The lowest BCUT2D eigenvalue weighted by Crippen LogP contribution is -2.08. The lowest BCUT2D eigenvalue weighted by atomic mass is 10.1. The summed E-state index contributed by atoms with van der Waals surface area (Å²) in [5, 5.41) is 0.105. The molecule has 0 radical (unpaired) electrons. The van der Waals surface area contributed by atoms with Crippen LogP contribution in [0.1, 0.15) is 5.56 Å². The lowest BCUT2D eigenvalue weighted by molar-refractivity contribution is -0.139. The van der Waals surface area contributed by atoms with Crippen molar-refractivity contribution in [2.75, 3.05) is 5.73 Å². The van der Waals surface area contributed by atoms with Gasteiger partial charge in [-0.05, 0) is 35.9 Å². The molecule has 0 aliphatic carbocycles. The van der Waals surface area contributed by atoms with Gasteiger partial charge in [-0.1, -0.05) is 11.3 Å². The number of halogens is 5. The molecule has 124 valence electrons. The number of nitrogens with zero attached hydrogens (tertiary/aromatic N) is 3. The number of hydrogen-bond donors (Lipinski definition) is 1. The molecule has 0 aliphatic rings. The van der Waals surface area contributed by atoms with Crippen molar-refractivity contribution in [1.82, 2.24) is 15.0 Å². The number of thiazole rings is 1. The molecule has 24 heavy (non-hydrogen) atoms. The van der Waals surface area contributed by atoms with Crippen LogP contribution in [0.25, 0.3) is 21.8 Å². The first kappa shape index (κ1) is 16.6. The van der Waals surface area contributed by atoms with Gasteiger partial charge in [-0.3, -0.25) is 0 Å². The number of nitrogens with two attached hydrogens (primary N) is 1. The Hall–Kier alpha value is -2.26. The Bertz CT molecular complexity index is 910. The Morgan fingerprint density at radius 1 is 1.12 bits per heavy atom. The fraction of sp³-hybridized carbons (Fsp3) is 0.0714. The van der Waals surface area contributed by atoms with Crippen molar-refractivity contribution in [2.45, 2.75) is 6.18 Å². The molecular formula is C14H7ClF4N4S. The third kappa shape index (κ3) is 3.17. The highest BCUT2D eigenvalue weighted by atomic mass is 35.5. The van der Waals surface area contributed by atoms with Crippen LogP contribution in [0.3, 0.4) is 0 Å². The molecular weight excluding hydrogens is 368 g/mol. The molecule has 0 bridgehead atoms. The van der Waals surface area contributed by atoms with Crippen LogP contribution in [0.2, 0.25) is 5.28 Å². The lowest BCUT2D eigenvalue weighted by Gasteiger charge is -2.10. The zero-order valence-corrected chi connectivity index (χ0v) is 13.2. The molecule has 0 saturated heterocycles. The number of nitrogen functional groups attached to an aromatic ring is 1. The Morgan fingerprint density at radius 2 is 1.88 bits per heavy atom. The summed E-state index contributed by atoms with van der Waals surface area (Å²) in [5.74, 6) is -1.36. The highest BCUT2D eigenvalue weighted by Gasteiger charge is 2.34. The van der Waals surface area contributed by atoms with Gasteiger partial charge in [-0.25, -0.2) is 19.3 Å². The maximum absolute atomic E-state index is 13.5. The predicted octanol–water partition coefficient (Wildman–Crippen LogP) is 4.66. The number of hydrogen-bond acceptors (Lipinski definition) is 5. The summed E-state index contributed by atoms with van der Waals surface area (Å²) in [7, 11) is 0. The van der Waals surface area contributed by atoms with Crippen molar-refractivity contribution < 1.29 is 17.6 Å². The van der Waals surface area contributed by atoms with Crippen LogP contribution >= 0.6 is 22.9 Å². The number of anilines is 1. The summed E-state index contributed by atoms with van der Waals surface area (Å²) in [6.07, 6.45) is -3.42. The van der Waals surface area contributed by atoms with Gasteiger partial charge in [0.2, 0.25) is 5.28 Å². The number of benzene rings is 1. The van der Waals surface area contributed by atoms with Crippen molar-refractivity contribution in [3.8, 4) is 21.8 Å². The van der Waals surface area contributed by atoms with E-state index in [4.69, 9.17) is 17.3 Å². The van der Waals surface area contributed by atoms with Crippen LogP contribution < -0.4 is 5.73 Å². The molecule has 2 N–H and O–H groups in total. The molecule has 10 heteroatoms. The van der Waals surface area contributed by atoms with Gasteiger partial charge >= 0.3 is 6.18 Å². The van der Waals surface area contributed by atoms with Gasteiger partial charge in [0.05, 0.1) is 21.8 Å². The van der Waals surface area contributed by atoms with Gasteiger partial charge in [0.1, 0.15) is 5.82 Å². The first-order chi connectivity index (χ1) is 11.3. The van der Waals surface area contributed by atoms with Crippen LogP contribution in [-0.4, -0.2) is 15.0 Å². The van der Waals surface area contributed by atoms with Gasteiger partial charge in [0, 0.05) is 11.8 Å². The maximum Gasteiger partial charge on any atom is 0.419 e. The minimum absolute atomic E-state index is 0.0273. The predicted molar refractivity (Wildman–Crippen MR) is 83.0 cm³/mol. The fourth-order valence-electron chi connectivity index (χ4n) is 2.06. The van der Waals surface area contributed by atoms with E-state index in [9.17, 15) is 17.6 Å². The minimum atomic E-state index is -4.82.